The second-order valence-corrected chi connectivity index (χ2v) is 6.34. The fraction of sp³-hybridized carbons (Fsp3) is 0.875. The molecule has 0 saturated carbocycles. The highest BCUT2D eigenvalue weighted by atomic mass is 32.2. The molecular weight excluding hydrogens is 234 g/mol. The molecule has 0 fully saturated rings. The molecule has 0 saturated heterocycles. The van der Waals surface area contributed by atoms with Gasteiger partial charge in [0.15, 0.2) is 0 Å². The molecule has 90 valence electrons. The van der Waals surface area contributed by atoms with E-state index in [9.17, 15) is 8.42 Å². The number of nitrogens with one attached hydrogen (secondary N) is 2. The Morgan fingerprint density at radius 2 is 1.93 bits per heavy atom. The molecule has 0 amide bonds. The van der Waals surface area contributed by atoms with Crippen molar-refractivity contribution in [3.05, 3.63) is 0 Å². The topological polar surface area (TPSA) is 84.2 Å². The van der Waals surface area contributed by atoms with Gasteiger partial charge in [-0.05, 0) is 33.6 Å². The van der Waals surface area contributed by atoms with Gasteiger partial charge in [-0.1, -0.05) is 12.2 Å². The van der Waals surface area contributed by atoms with E-state index in [1.165, 1.54) is 0 Å². The smallest absolute Gasteiger partial charge is 0.277 e. The summed E-state index contributed by atoms with van der Waals surface area (Å²) < 4.78 is 27.7. The summed E-state index contributed by atoms with van der Waals surface area (Å²) in [7, 11) is -3.42. The van der Waals surface area contributed by atoms with Gasteiger partial charge in [0.05, 0.1) is 4.99 Å². The Kier molecular flexibility index (Phi) is 5.65. The van der Waals surface area contributed by atoms with Crippen LogP contribution in [0.15, 0.2) is 0 Å². The van der Waals surface area contributed by atoms with Crippen LogP contribution >= 0.6 is 12.2 Å². The molecule has 0 unspecified atom stereocenters. The normalized spacial score (nSPS) is 12.7. The second kappa shape index (κ2) is 5.74. The van der Waals surface area contributed by atoms with Gasteiger partial charge in [0.1, 0.15) is 0 Å². The van der Waals surface area contributed by atoms with Gasteiger partial charge in [-0.2, -0.15) is 13.1 Å². The summed E-state index contributed by atoms with van der Waals surface area (Å²) in [6.45, 7) is 5.67. The lowest BCUT2D eigenvalue weighted by molar-refractivity contribution is 0.483. The minimum atomic E-state index is -3.42. The maximum Gasteiger partial charge on any atom is 0.277 e. The molecule has 0 rings (SSSR count). The van der Waals surface area contributed by atoms with Gasteiger partial charge in [0, 0.05) is 12.1 Å². The fourth-order valence-corrected chi connectivity index (χ4v) is 2.34. The van der Waals surface area contributed by atoms with Crippen LogP contribution in [-0.4, -0.2) is 25.5 Å². The highest BCUT2D eigenvalue weighted by Gasteiger charge is 2.18. The second-order valence-electron chi connectivity index (χ2n) is 4.32. The van der Waals surface area contributed by atoms with E-state index >= 15 is 0 Å². The first-order valence-electron chi connectivity index (χ1n) is 4.69. The molecular formula is C8H19N3O2S2. The highest BCUT2D eigenvalue weighted by Crippen LogP contribution is 2.00. The largest absolute Gasteiger partial charge is 0.393 e. The lowest BCUT2D eigenvalue weighted by Crippen LogP contribution is -2.47. The van der Waals surface area contributed by atoms with Crippen molar-refractivity contribution in [1.82, 2.24) is 9.44 Å². The van der Waals surface area contributed by atoms with Gasteiger partial charge in [-0.3, -0.25) is 0 Å². The van der Waals surface area contributed by atoms with Crippen molar-refractivity contribution in [2.75, 3.05) is 6.54 Å². The highest BCUT2D eigenvalue weighted by molar-refractivity contribution is 7.87. The molecule has 7 heteroatoms. The Morgan fingerprint density at radius 3 is 2.33 bits per heavy atom. The van der Waals surface area contributed by atoms with Crippen LogP contribution in [-0.2, 0) is 10.2 Å². The SMILES string of the molecule is CC(C)(C)NS(=O)(=O)NCCCC(N)=S. The van der Waals surface area contributed by atoms with E-state index in [0.29, 0.717) is 24.4 Å². The van der Waals surface area contributed by atoms with Crippen molar-refractivity contribution in [3.8, 4) is 0 Å². The summed E-state index contributed by atoms with van der Waals surface area (Å²) in [5, 5.41) is 0. The van der Waals surface area contributed by atoms with Gasteiger partial charge in [-0.25, -0.2) is 4.72 Å². The maximum absolute atomic E-state index is 11.4. The Hall–Kier alpha value is -0.240. The first-order chi connectivity index (χ1) is 6.62. The molecule has 5 nitrogen and oxygen atoms in total. The zero-order valence-electron chi connectivity index (χ0n) is 9.33. The molecule has 0 aromatic rings. The van der Waals surface area contributed by atoms with Crippen molar-refractivity contribution in [1.29, 1.82) is 0 Å². The summed E-state index contributed by atoms with van der Waals surface area (Å²) in [5.41, 5.74) is 4.81. The third-order valence-corrected chi connectivity index (χ3v) is 3.00. The molecule has 0 heterocycles. The monoisotopic (exact) mass is 253 g/mol. The van der Waals surface area contributed by atoms with Crippen LogP contribution < -0.4 is 15.2 Å². The minimum Gasteiger partial charge on any atom is -0.393 e. The molecule has 4 N–H and O–H groups in total. The summed E-state index contributed by atoms with van der Waals surface area (Å²) in [5.74, 6) is 0. The maximum atomic E-state index is 11.4. The summed E-state index contributed by atoms with van der Waals surface area (Å²) in [6.07, 6.45) is 1.16. The van der Waals surface area contributed by atoms with Crippen molar-refractivity contribution in [2.45, 2.75) is 39.2 Å². The summed E-state index contributed by atoms with van der Waals surface area (Å²) in [4.78, 5) is 0.401. The van der Waals surface area contributed by atoms with E-state index in [2.05, 4.69) is 21.7 Å². The van der Waals surface area contributed by atoms with E-state index < -0.39 is 15.7 Å². The number of hydrogen-bond donors (Lipinski definition) is 3. The van der Waals surface area contributed by atoms with Crippen LogP contribution in [0.1, 0.15) is 33.6 Å². The van der Waals surface area contributed by atoms with E-state index in [1.807, 2.05) is 0 Å². The lowest BCUT2D eigenvalue weighted by atomic mass is 10.1. The standard InChI is InChI=1S/C8H19N3O2S2/c1-8(2,3)11-15(12,13)10-6-4-5-7(9)14/h10-11H,4-6H2,1-3H3,(H2,9,14). The first-order valence-corrected chi connectivity index (χ1v) is 6.58. The molecule has 0 spiro atoms. The summed E-state index contributed by atoms with van der Waals surface area (Å²) in [6, 6.07) is 0. The van der Waals surface area contributed by atoms with Gasteiger partial charge in [-0.15, -0.1) is 0 Å². The van der Waals surface area contributed by atoms with Crippen molar-refractivity contribution < 1.29 is 8.42 Å². The van der Waals surface area contributed by atoms with Gasteiger partial charge >= 0.3 is 0 Å². The Balaban J connectivity index is 3.91. The molecule has 0 aromatic carbocycles. The summed E-state index contributed by atoms with van der Waals surface area (Å²) >= 11 is 4.67. The lowest BCUT2D eigenvalue weighted by Gasteiger charge is -2.20. The van der Waals surface area contributed by atoms with Crippen molar-refractivity contribution >= 4 is 27.4 Å². The third-order valence-electron chi connectivity index (χ3n) is 1.33. The minimum absolute atomic E-state index is 0.336. The van der Waals surface area contributed by atoms with Gasteiger partial charge in [0.2, 0.25) is 0 Å². The number of nitrogens with two attached hydrogens (primary N) is 1. The van der Waals surface area contributed by atoms with E-state index in [4.69, 9.17) is 5.73 Å². The van der Waals surface area contributed by atoms with Crippen LogP contribution in [0.4, 0.5) is 0 Å². The van der Waals surface area contributed by atoms with Gasteiger partial charge in [0.25, 0.3) is 10.2 Å². The molecule has 0 radical (unpaired) electrons. The van der Waals surface area contributed by atoms with Crippen LogP contribution in [0.25, 0.3) is 0 Å². The predicted octanol–water partition coefficient (Wildman–Crippen LogP) is 0.275. The van der Waals surface area contributed by atoms with Crippen LogP contribution in [0.3, 0.4) is 0 Å². The number of rotatable bonds is 6. The van der Waals surface area contributed by atoms with E-state index in [1.54, 1.807) is 20.8 Å². The fourth-order valence-electron chi connectivity index (χ4n) is 0.908. The number of thiocarbonyl (C=S) groups is 1. The molecule has 0 aliphatic carbocycles. The van der Waals surface area contributed by atoms with E-state index in [0.717, 1.165) is 0 Å². The molecule has 15 heavy (non-hydrogen) atoms. The van der Waals surface area contributed by atoms with Gasteiger partial charge < -0.3 is 5.73 Å². The average molecular weight is 253 g/mol. The molecule has 0 bridgehead atoms. The number of hydrogen-bond acceptors (Lipinski definition) is 3. The Bertz CT molecular complexity index is 306. The van der Waals surface area contributed by atoms with Crippen LogP contribution in [0.2, 0.25) is 0 Å². The molecule has 0 aromatic heterocycles. The zero-order chi connectivity index (χ0) is 12.1. The predicted molar refractivity (Wildman–Crippen MR) is 65.8 cm³/mol. The zero-order valence-corrected chi connectivity index (χ0v) is 11.0. The van der Waals surface area contributed by atoms with Crippen molar-refractivity contribution in [2.24, 2.45) is 5.73 Å². The first kappa shape index (κ1) is 14.8. The molecule has 0 atom stereocenters. The third kappa shape index (κ3) is 10.1. The van der Waals surface area contributed by atoms with Crippen LogP contribution in [0.5, 0.6) is 0 Å². The Labute approximate surface area is 97.0 Å². The van der Waals surface area contributed by atoms with Crippen LogP contribution in [0, 0.1) is 0 Å². The quantitative estimate of drug-likeness (QED) is 0.469. The average Bonchev–Trinajstić information content (AvgIpc) is 1.93. The molecule has 0 aliphatic heterocycles. The molecule has 0 aliphatic rings. The van der Waals surface area contributed by atoms with Crippen molar-refractivity contribution in [3.63, 3.8) is 0 Å². The van der Waals surface area contributed by atoms with E-state index in [-0.39, 0.29) is 0 Å². The Morgan fingerprint density at radius 1 is 1.40 bits per heavy atom.